The molecule has 1 heterocycles. The number of hydrogen-bond acceptors (Lipinski definition) is 5. The summed E-state index contributed by atoms with van der Waals surface area (Å²) in [6, 6.07) is 3.27. The highest BCUT2D eigenvalue weighted by atomic mass is 79.9. The molecule has 0 saturated carbocycles. The molecule has 0 fully saturated rings. The zero-order valence-corrected chi connectivity index (χ0v) is 14.7. The second kappa shape index (κ2) is 5.76. The van der Waals surface area contributed by atoms with Gasteiger partial charge in [-0.25, -0.2) is 4.79 Å². The summed E-state index contributed by atoms with van der Waals surface area (Å²) < 4.78 is 16.3. The Bertz CT molecular complexity index is 752. The van der Waals surface area contributed by atoms with Crippen molar-refractivity contribution in [1.29, 1.82) is 0 Å². The maximum Gasteiger partial charge on any atom is 0.342 e. The van der Waals surface area contributed by atoms with Crippen molar-refractivity contribution < 1.29 is 23.5 Å². The fourth-order valence-corrected chi connectivity index (χ4v) is 2.31. The van der Waals surface area contributed by atoms with Crippen LogP contribution in [0.1, 0.15) is 36.9 Å². The largest absolute Gasteiger partial charge is 0.465 e. The number of fused-ring (bicyclic) bond motifs is 1. The Morgan fingerprint density at radius 2 is 1.86 bits per heavy atom. The van der Waals surface area contributed by atoms with Gasteiger partial charge in [0.05, 0.1) is 17.0 Å². The van der Waals surface area contributed by atoms with E-state index in [9.17, 15) is 9.59 Å². The standard InChI is InChI=1S/C16H17BrO5/c1-8-13(14(18)20-5)9-6-12(10(17)7-11(9)21-8)22-15(19)16(2,3)4/h6-7H,1-5H3. The quantitative estimate of drug-likeness (QED) is 0.585. The minimum atomic E-state index is -0.633. The molecule has 0 bridgehead atoms. The molecule has 6 heteroatoms. The molecular formula is C16H17BrO5. The molecule has 0 aliphatic carbocycles. The van der Waals surface area contributed by atoms with Crippen LogP contribution >= 0.6 is 15.9 Å². The van der Waals surface area contributed by atoms with Crippen molar-refractivity contribution in [3.8, 4) is 5.75 Å². The van der Waals surface area contributed by atoms with Crippen LogP contribution in [-0.2, 0) is 9.53 Å². The number of halogens is 1. The third kappa shape index (κ3) is 3.02. The first-order valence-electron chi connectivity index (χ1n) is 6.68. The number of carbonyl (C=O) groups excluding carboxylic acids is 2. The van der Waals surface area contributed by atoms with Crippen LogP contribution in [-0.4, -0.2) is 19.0 Å². The molecule has 0 saturated heterocycles. The van der Waals surface area contributed by atoms with Crippen molar-refractivity contribution in [2.45, 2.75) is 27.7 Å². The van der Waals surface area contributed by atoms with Gasteiger partial charge in [0, 0.05) is 5.39 Å². The van der Waals surface area contributed by atoms with Crippen LogP contribution in [0.25, 0.3) is 11.0 Å². The van der Waals surface area contributed by atoms with Crippen molar-refractivity contribution >= 4 is 38.8 Å². The summed E-state index contributed by atoms with van der Waals surface area (Å²) in [5.41, 5.74) is 0.213. The second-order valence-corrected chi connectivity index (χ2v) is 6.80. The van der Waals surface area contributed by atoms with Crippen LogP contribution in [0.4, 0.5) is 0 Å². The number of aryl methyl sites for hydroxylation is 1. The average molecular weight is 369 g/mol. The predicted molar refractivity (Wildman–Crippen MR) is 85.1 cm³/mol. The molecule has 0 amide bonds. The van der Waals surface area contributed by atoms with Crippen LogP contribution in [0.3, 0.4) is 0 Å². The number of methoxy groups -OCH3 is 1. The van der Waals surface area contributed by atoms with E-state index in [0.29, 0.717) is 32.5 Å². The van der Waals surface area contributed by atoms with Crippen LogP contribution in [0.5, 0.6) is 5.75 Å². The van der Waals surface area contributed by atoms with Crippen molar-refractivity contribution in [2.75, 3.05) is 7.11 Å². The minimum Gasteiger partial charge on any atom is -0.465 e. The Hall–Kier alpha value is -1.82. The van der Waals surface area contributed by atoms with Gasteiger partial charge in [0.2, 0.25) is 0 Å². The number of benzene rings is 1. The SMILES string of the molecule is COC(=O)c1c(C)oc2cc(Br)c(OC(=O)C(C)(C)C)cc12. The Balaban J connectivity index is 2.55. The summed E-state index contributed by atoms with van der Waals surface area (Å²) >= 11 is 3.35. The van der Waals surface area contributed by atoms with Gasteiger partial charge >= 0.3 is 11.9 Å². The van der Waals surface area contributed by atoms with Gasteiger partial charge in [-0.3, -0.25) is 4.79 Å². The highest BCUT2D eigenvalue weighted by Gasteiger charge is 2.26. The molecule has 0 atom stereocenters. The molecule has 22 heavy (non-hydrogen) atoms. The highest BCUT2D eigenvalue weighted by Crippen LogP contribution is 2.36. The second-order valence-electron chi connectivity index (χ2n) is 5.94. The van der Waals surface area contributed by atoms with E-state index in [1.807, 2.05) is 0 Å². The van der Waals surface area contributed by atoms with E-state index in [-0.39, 0.29) is 5.97 Å². The molecule has 118 valence electrons. The number of rotatable bonds is 2. The monoisotopic (exact) mass is 368 g/mol. The van der Waals surface area contributed by atoms with E-state index in [1.165, 1.54) is 7.11 Å². The first-order chi connectivity index (χ1) is 10.1. The normalized spacial score (nSPS) is 11.5. The first kappa shape index (κ1) is 16.5. The molecule has 2 aromatic rings. The van der Waals surface area contributed by atoms with Gasteiger partial charge in [0.15, 0.2) is 0 Å². The van der Waals surface area contributed by atoms with Gasteiger partial charge in [-0.1, -0.05) is 0 Å². The molecule has 0 N–H and O–H groups in total. The van der Waals surface area contributed by atoms with E-state index in [2.05, 4.69) is 15.9 Å². The van der Waals surface area contributed by atoms with Crippen molar-refractivity contribution in [3.63, 3.8) is 0 Å². The molecular weight excluding hydrogens is 352 g/mol. The lowest BCUT2D eigenvalue weighted by atomic mass is 9.97. The van der Waals surface area contributed by atoms with E-state index < -0.39 is 11.4 Å². The Morgan fingerprint density at radius 3 is 2.41 bits per heavy atom. The molecule has 0 aliphatic heterocycles. The molecule has 0 radical (unpaired) electrons. The lowest BCUT2D eigenvalue weighted by Gasteiger charge is -2.17. The average Bonchev–Trinajstić information content (AvgIpc) is 2.72. The van der Waals surface area contributed by atoms with Crippen LogP contribution < -0.4 is 4.74 Å². The summed E-state index contributed by atoms with van der Waals surface area (Å²) in [5, 5.41) is 0.546. The summed E-state index contributed by atoms with van der Waals surface area (Å²) in [6.45, 7) is 6.98. The number of carbonyl (C=O) groups is 2. The van der Waals surface area contributed by atoms with Crippen molar-refractivity contribution in [3.05, 3.63) is 27.9 Å². The third-order valence-corrected chi connectivity index (χ3v) is 3.74. The summed E-state index contributed by atoms with van der Waals surface area (Å²) in [6.07, 6.45) is 0. The minimum absolute atomic E-state index is 0.332. The van der Waals surface area contributed by atoms with Gasteiger partial charge in [0.25, 0.3) is 0 Å². The van der Waals surface area contributed by atoms with Gasteiger partial charge in [-0.15, -0.1) is 0 Å². The third-order valence-electron chi connectivity index (χ3n) is 3.12. The van der Waals surface area contributed by atoms with Gasteiger partial charge < -0.3 is 13.9 Å². The number of furan rings is 1. The lowest BCUT2D eigenvalue weighted by molar-refractivity contribution is -0.143. The maximum atomic E-state index is 12.0. The highest BCUT2D eigenvalue weighted by molar-refractivity contribution is 9.10. The Morgan fingerprint density at radius 1 is 1.23 bits per heavy atom. The topological polar surface area (TPSA) is 65.7 Å². The van der Waals surface area contributed by atoms with Gasteiger partial charge in [0.1, 0.15) is 22.7 Å². The molecule has 0 aliphatic rings. The predicted octanol–water partition coefficient (Wildman–Crippen LogP) is 4.24. The van der Waals surface area contributed by atoms with E-state index in [0.717, 1.165) is 0 Å². The van der Waals surface area contributed by atoms with Crippen molar-refractivity contribution in [2.24, 2.45) is 5.41 Å². The van der Waals surface area contributed by atoms with Gasteiger partial charge in [-0.05, 0) is 55.8 Å². The summed E-state index contributed by atoms with van der Waals surface area (Å²) in [7, 11) is 1.31. The van der Waals surface area contributed by atoms with Crippen LogP contribution in [0, 0.1) is 12.3 Å². The fourth-order valence-electron chi connectivity index (χ4n) is 1.91. The smallest absolute Gasteiger partial charge is 0.342 e. The zero-order chi connectivity index (χ0) is 16.7. The van der Waals surface area contributed by atoms with Crippen molar-refractivity contribution in [1.82, 2.24) is 0 Å². The van der Waals surface area contributed by atoms with E-state index in [1.54, 1.807) is 39.8 Å². The maximum absolute atomic E-state index is 12.0. The molecule has 1 aromatic heterocycles. The number of esters is 2. The van der Waals surface area contributed by atoms with Crippen LogP contribution in [0.15, 0.2) is 21.0 Å². The van der Waals surface area contributed by atoms with Crippen LogP contribution in [0.2, 0.25) is 0 Å². The molecule has 1 aromatic carbocycles. The van der Waals surface area contributed by atoms with E-state index >= 15 is 0 Å². The number of hydrogen-bond donors (Lipinski definition) is 0. The molecule has 2 rings (SSSR count). The fraction of sp³-hybridized carbons (Fsp3) is 0.375. The Labute approximate surface area is 136 Å². The summed E-state index contributed by atoms with van der Waals surface area (Å²) in [4.78, 5) is 23.9. The van der Waals surface area contributed by atoms with E-state index in [4.69, 9.17) is 13.9 Å². The van der Waals surface area contributed by atoms with Gasteiger partial charge in [-0.2, -0.15) is 0 Å². The lowest BCUT2D eigenvalue weighted by Crippen LogP contribution is -2.25. The first-order valence-corrected chi connectivity index (χ1v) is 7.47. The Kier molecular flexibility index (Phi) is 4.33. The number of ether oxygens (including phenoxy) is 2. The summed E-state index contributed by atoms with van der Waals surface area (Å²) in [5.74, 6) is -0.0783. The zero-order valence-electron chi connectivity index (χ0n) is 13.1. The molecule has 0 unspecified atom stereocenters. The molecule has 0 spiro atoms. The molecule has 5 nitrogen and oxygen atoms in total.